The number of hydrogen-bond donors (Lipinski definition) is 3. The standard InChI is InChI=1S/C12H16FN3.ClH/c13-9-6-3-7-10(11(9)12(14)15)16-8-4-1-2-5-8;/h3,6-8,16H,1-2,4-5H2,(H3,14,15);1H. The summed E-state index contributed by atoms with van der Waals surface area (Å²) in [7, 11) is 0. The number of nitrogens with one attached hydrogen (secondary N) is 2. The molecule has 0 bridgehead atoms. The van der Waals surface area contributed by atoms with Gasteiger partial charge in [-0.3, -0.25) is 5.41 Å². The number of benzene rings is 1. The first-order valence-corrected chi connectivity index (χ1v) is 5.58. The quantitative estimate of drug-likeness (QED) is 0.576. The Morgan fingerprint density at radius 2 is 2.00 bits per heavy atom. The van der Waals surface area contributed by atoms with Gasteiger partial charge in [-0.2, -0.15) is 0 Å². The lowest BCUT2D eigenvalue weighted by molar-refractivity contribution is 0.624. The fourth-order valence-electron chi connectivity index (χ4n) is 2.21. The van der Waals surface area contributed by atoms with Crippen LogP contribution in [-0.2, 0) is 0 Å². The van der Waals surface area contributed by atoms with E-state index in [0.717, 1.165) is 12.8 Å². The zero-order chi connectivity index (χ0) is 11.5. The Balaban J connectivity index is 0.00000144. The maximum Gasteiger partial charge on any atom is 0.136 e. The molecule has 0 aromatic heterocycles. The van der Waals surface area contributed by atoms with Gasteiger partial charge in [0.2, 0.25) is 0 Å². The fraction of sp³-hybridized carbons (Fsp3) is 0.417. The molecule has 0 heterocycles. The van der Waals surface area contributed by atoms with E-state index < -0.39 is 5.82 Å². The second kappa shape index (κ2) is 5.87. The largest absolute Gasteiger partial charge is 0.384 e. The molecule has 3 nitrogen and oxygen atoms in total. The molecule has 17 heavy (non-hydrogen) atoms. The molecule has 1 fully saturated rings. The number of hydrogen-bond acceptors (Lipinski definition) is 2. The third-order valence-corrected chi connectivity index (χ3v) is 3.00. The van der Waals surface area contributed by atoms with E-state index in [0.29, 0.717) is 11.7 Å². The van der Waals surface area contributed by atoms with Crippen molar-refractivity contribution in [3.63, 3.8) is 0 Å². The lowest BCUT2D eigenvalue weighted by atomic mass is 10.1. The van der Waals surface area contributed by atoms with Crippen molar-refractivity contribution in [2.24, 2.45) is 5.73 Å². The van der Waals surface area contributed by atoms with E-state index in [1.54, 1.807) is 12.1 Å². The Morgan fingerprint density at radius 1 is 1.35 bits per heavy atom. The molecule has 2 rings (SSSR count). The summed E-state index contributed by atoms with van der Waals surface area (Å²) in [6, 6.07) is 5.13. The number of anilines is 1. The van der Waals surface area contributed by atoms with E-state index in [1.165, 1.54) is 18.9 Å². The van der Waals surface area contributed by atoms with Gasteiger partial charge < -0.3 is 11.1 Å². The van der Waals surface area contributed by atoms with Crippen LogP contribution in [-0.4, -0.2) is 11.9 Å². The molecule has 5 heteroatoms. The van der Waals surface area contributed by atoms with Crippen LogP contribution < -0.4 is 11.1 Å². The SMILES string of the molecule is Cl.N=C(N)c1c(F)cccc1NC1CCCC1. The molecule has 94 valence electrons. The van der Waals surface area contributed by atoms with Crippen molar-refractivity contribution in [3.05, 3.63) is 29.6 Å². The molecule has 0 saturated heterocycles. The second-order valence-electron chi connectivity index (χ2n) is 4.20. The molecule has 0 aliphatic heterocycles. The average Bonchev–Trinajstić information content (AvgIpc) is 2.70. The third kappa shape index (κ3) is 3.09. The average molecular weight is 258 g/mol. The summed E-state index contributed by atoms with van der Waals surface area (Å²) in [6.45, 7) is 0. The van der Waals surface area contributed by atoms with Crippen LogP contribution in [0.25, 0.3) is 0 Å². The molecule has 0 unspecified atom stereocenters. The summed E-state index contributed by atoms with van der Waals surface area (Å²) in [4.78, 5) is 0. The van der Waals surface area contributed by atoms with Gasteiger partial charge in [0.15, 0.2) is 0 Å². The lowest BCUT2D eigenvalue weighted by Crippen LogP contribution is -2.21. The number of amidine groups is 1. The van der Waals surface area contributed by atoms with Gasteiger partial charge in [-0.25, -0.2) is 4.39 Å². The minimum Gasteiger partial charge on any atom is -0.384 e. The molecule has 0 atom stereocenters. The van der Waals surface area contributed by atoms with Gasteiger partial charge in [0, 0.05) is 11.7 Å². The van der Waals surface area contributed by atoms with Crippen LogP contribution in [0, 0.1) is 11.2 Å². The van der Waals surface area contributed by atoms with Gasteiger partial charge >= 0.3 is 0 Å². The summed E-state index contributed by atoms with van der Waals surface area (Å²) < 4.78 is 13.5. The predicted molar refractivity (Wildman–Crippen MR) is 70.5 cm³/mol. The molecule has 1 aliphatic rings. The van der Waals surface area contributed by atoms with Crippen molar-refractivity contribution in [1.82, 2.24) is 0 Å². The third-order valence-electron chi connectivity index (χ3n) is 3.00. The van der Waals surface area contributed by atoms with Gasteiger partial charge in [-0.15, -0.1) is 12.4 Å². The van der Waals surface area contributed by atoms with Gasteiger partial charge in [-0.1, -0.05) is 18.9 Å². The molecular weight excluding hydrogens is 241 g/mol. The van der Waals surface area contributed by atoms with Crippen LogP contribution in [0.4, 0.5) is 10.1 Å². The molecule has 0 amide bonds. The maximum atomic E-state index is 13.5. The Morgan fingerprint density at radius 3 is 2.59 bits per heavy atom. The van der Waals surface area contributed by atoms with Crippen molar-refractivity contribution >= 4 is 23.9 Å². The normalized spacial score (nSPS) is 15.4. The Labute approximate surface area is 107 Å². The van der Waals surface area contributed by atoms with Crippen molar-refractivity contribution in [1.29, 1.82) is 5.41 Å². The van der Waals surface area contributed by atoms with Crippen molar-refractivity contribution < 1.29 is 4.39 Å². The number of nitrogen functional groups attached to an aromatic ring is 1. The van der Waals surface area contributed by atoms with Gasteiger partial charge in [0.05, 0.1) is 5.56 Å². The summed E-state index contributed by atoms with van der Waals surface area (Å²) in [5.41, 5.74) is 6.22. The van der Waals surface area contributed by atoms with E-state index in [1.807, 2.05) is 0 Å². The Bertz CT molecular complexity index is 403. The number of halogens is 2. The Kier molecular flexibility index (Phi) is 4.75. The van der Waals surface area contributed by atoms with E-state index in [4.69, 9.17) is 11.1 Å². The van der Waals surface area contributed by atoms with Crippen LogP contribution in [0.5, 0.6) is 0 Å². The summed E-state index contributed by atoms with van der Waals surface area (Å²) in [5.74, 6) is -0.658. The van der Waals surface area contributed by atoms with Gasteiger partial charge in [0.25, 0.3) is 0 Å². The van der Waals surface area contributed by atoms with Crippen molar-refractivity contribution in [2.75, 3.05) is 5.32 Å². The molecule has 1 aromatic carbocycles. The highest BCUT2D eigenvalue weighted by atomic mass is 35.5. The Hall–Kier alpha value is -1.29. The van der Waals surface area contributed by atoms with Crippen LogP contribution in [0.3, 0.4) is 0 Å². The molecule has 1 aliphatic carbocycles. The van der Waals surface area contributed by atoms with E-state index in [2.05, 4.69) is 5.32 Å². The highest BCUT2D eigenvalue weighted by molar-refractivity contribution is 6.00. The van der Waals surface area contributed by atoms with E-state index in [9.17, 15) is 4.39 Å². The highest BCUT2D eigenvalue weighted by Crippen LogP contribution is 2.25. The van der Waals surface area contributed by atoms with Gasteiger partial charge in [-0.05, 0) is 25.0 Å². The summed E-state index contributed by atoms with van der Waals surface area (Å²) >= 11 is 0. The van der Waals surface area contributed by atoms with E-state index in [-0.39, 0.29) is 23.8 Å². The van der Waals surface area contributed by atoms with Crippen LogP contribution in [0.1, 0.15) is 31.2 Å². The second-order valence-corrected chi connectivity index (χ2v) is 4.20. The zero-order valence-corrected chi connectivity index (χ0v) is 10.3. The number of rotatable bonds is 3. The molecule has 1 saturated carbocycles. The van der Waals surface area contributed by atoms with Crippen molar-refractivity contribution in [3.8, 4) is 0 Å². The van der Waals surface area contributed by atoms with Crippen LogP contribution in [0.15, 0.2) is 18.2 Å². The van der Waals surface area contributed by atoms with Crippen LogP contribution in [0.2, 0.25) is 0 Å². The lowest BCUT2D eigenvalue weighted by Gasteiger charge is -2.16. The molecular formula is C12H17ClFN3. The topological polar surface area (TPSA) is 61.9 Å². The molecule has 0 radical (unpaired) electrons. The maximum absolute atomic E-state index is 13.5. The molecule has 0 spiro atoms. The van der Waals surface area contributed by atoms with Crippen LogP contribution >= 0.6 is 12.4 Å². The monoisotopic (exact) mass is 257 g/mol. The summed E-state index contributed by atoms with van der Waals surface area (Å²) in [6.07, 6.45) is 4.63. The first-order valence-electron chi connectivity index (χ1n) is 5.58. The van der Waals surface area contributed by atoms with Gasteiger partial charge in [0.1, 0.15) is 11.7 Å². The first kappa shape index (κ1) is 13.8. The highest BCUT2D eigenvalue weighted by Gasteiger charge is 2.18. The number of nitrogens with two attached hydrogens (primary N) is 1. The van der Waals surface area contributed by atoms with E-state index >= 15 is 0 Å². The molecule has 4 N–H and O–H groups in total. The zero-order valence-electron chi connectivity index (χ0n) is 9.50. The minimum absolute atomic E-state index is 0. The molecule has 1 aromatic rings. The fourth-order valence-corrected chi connectivity index (χ4v) is 2.21. The van der Waals surface area contributed by atoms with Crippen molar-refractivity contribution in [2.45, 2.75) is 31.7 Å². The minimum atomic E-state index is -0.435. The summed E-state index contributed by atoms with van der Waals surface area (Å²) in [5, 5.41) is 10.7. The first-order chi connectivity index (χ1) is 7.68. The predicted octanol–water partition coefficient (Wildman–Crippen LogP) is 2.89. The smallest absolute Gasteiger partial charge is 0.136 e.